The number of benzene rings is 1. The summed E-state index contributed by atoms with van der Waals surface area (Å²) in [6.45, 7) is -0.156. The highest BCUT2D eigenvalue weighted by atomic mass is 32.2. The van der Waals surface area contributed by atoms with Crippen LogP contribution in [-0.2, 0) is 22.7 Å². The van der Waals surface area contributed by atoms with Crippen LogP contribution in [0.15, 0.2) is 55.0 Å². The van der Waals surface area contributed by atoms with Gasteiger partial charge < -0.3 is 15.6 Å². The number of aromatic amines is 1. The van der Waals surface area contributed by atoms with Crippen LogP contribution in [-0.4, -0.2) is 41.7 Å². The van der Waals surface area contributed by atoms with Gasteiger partial charge in [0.1, 0.15) is 17.2 Å². The van der Waals surface area contributed by atoms with E-state index in [1.54, 1.807) is 30.5 Å². The fourth-order valence-corrected chi connectivity index (χ4v) is 3.71. The van der Waals surface area contributed by atoms with Crippen LogP contribution >= 0.6 is 0 Å². The summed E-state index contributed by atoms with van der Waals surface area (Å²) in [5.74, 6) is -0.401. The van der Waals surface area contributed by atoms with Crippen LogP contribution in [0.5, 0.6) is 0 Å². The topological polar surface area (TPSA) is 116 Å². The maximum absolute atomic E-state index is 13.6. The van der Waals surface area contributed by atoms with E-state index >= 15 is 0 Å². The summed E-state index contributed by atoms with van der Waals surface area (Å²) in [7, 11) is -2.31. The van der Waals surface area contributed by atoms with Crippen molar-refractivity contribution in [2.24, 2.45) is 0 Å². The van der Waals surface area contributed by atoms with E-state index < -0.39 is 27.6 Å². The molecule has 0 radical (unpaired) electrons. The number of halogens is 3. The fraction of sp³-hybridized carbons (Fsp3) is 0.190. The van der Waals surface area contributed by atoms with Gasteiger partial charge in [-0.05, 0) is 29.7 Å². The number of H-pyrrole nitrogens is 1. The number of pyridine rings is 1. The predicted molar refractivity (Wildman–Crippen MR) is 123 cm³/mol. The fourth-order valence-electron chi connectivity index (χ4n) is 3.23. The minimum absolute atomic E-state index is 0.0407. The number of nitrogens with zero attached hydrogens (tertiary/aromatic N) is 4. The third-order valence-electron chi connectivity index (χ3n) is 5.01. The molecule has 0 spiro atoms. The Labute approximate surface area is 193 Å². The van der Waals surface area contributed by atoms with Crippen molar-refractivity contribution in [1.82, 2.24) is 19.9 Å². The number of aromatic nitrogens is 4. The van der Waals surface area contributed by atoms with Gasteiger partial charge in [-0.3, -0.25) is 4.31 Å². The second-order valence-corrected chi connectivity index (χ2v) is 9.44. The summed E-state index contributed by atoms with van der Waals surface area (Å²) in [4.78, 5) is 14.9. The van der Waals surface area contributed by atoms with Gasteiger partial charge in [-0.25, -0.2) is 18.4 Å². The van der Waals surface area contributed by atoms with Crippen LogP contribution < -0.4 is 14.9 Å². The molecule has 0 aliphatic rings. The second kappa shape index (κ2) is 8.82. The molecule has 1 aromatic carbocycles. The van der Waals surface area contributed by atoms with Gasteiger partial charge in [0.05, 0.1) is 6.26 Å². The van der Waals surface area contributed by atoms with Crippen LogP contribution in [0, 0.1) is 0 Å². The Morgan fingerprint density at radius 3 is 2.68 bits per heavy atom. The molecule has 0 saturated carbocycles. The number of rotatable bonds is 7. The number of hydrogen-bond donors (Lipinski definition) is 3. The molecule has 0 saturated heterocycles. The van der Waals surface area contributed by atoms with Crippen LogP contribution in [0.2, 0.25) is 0 Å². The summed E-state index contributed by atoms with van der Waals surface area (Å²) in [6.07, 6.45) is 0.172. The molecule has 34 heavy (non-hydrogen) atoms. The zero-order valence-electron chi connectivity index (χ0n) is 18.1. The summed E-state index contributed by atoms with van der Waals surface area (Å²) in [5.41, 5.74) is 0.744. The van der Waals surface area contributed by atoms with Crippen molar-refractivity contribution in [1.29, 1.82) is 0 Å². The maximum atomic E-state index is 13.6. The van der Waals surface area contributed by atoms with Gasteiger partial charge in [-0.15, -0.1) is 0 Å². The molecular weight excluding hydrogens is 471 g/mol. The Balaban J connectivity index is 1.63. The highest BCUT2D eigenvalue weighted by Crippen LogP contribution is 2.34. The zero-order valence-corrected chi connectivity index (χ0v) is 18.9. The maximum Gasteiger partial charge on any atom is 0.421 e. The number of fused-ring (bicyclic) bond motifs is 1. The smallest absolute Gasteiger partial charge is 0.365 e. The molecule has 0 unspecified atom stereocenters. The second-order valence-electron chi connectivity index (χ2n) is 7.43. The van der Waals surface area contributed by atoms with E-state index in [2.05, 4.69) is 30.6 Å². The summed E-state index contributed by atoms with van der Waals surface area (Å²) in [6, 6.07) is 10.4. The van der Waals surface area contributed by atoms with E-state index in [9.17, 15) is 21.6 Å². The minimum Gasteiger partial charge on any atom is -0.365 e. The van der Waals surface area contributed by atoms with E-state index in [-0.39, 0.29) is 18.3 Å². The van der Waals surface area contributed by atoms with Gasteiger partial charge in [0.25, 0.3) is 0 Å². The van der Waals surface area contributed by atoms with Gasteiger partial charge >= 0.3 is 6.18 Å². The lowest BCUT2D eigenvalue weighted by molar-refractivity contribution is -0.137. The Morgan fingerprint density at radius 1 is 1.15 bits per heavy atom. The van der Waals surface area contributed by atoms with Crippen LogP contribution in [0.1, 0.15) is 11.1 Å². The molecule has 0 amide bonds. The average Bonchev–Trinajstić information content (AvgIpc) is 3.24. The molecule has 3 aromatic heterocycles. The van der Waals surface area contributed by atoms with Gasteiger partial charge in [0.15, 0.2) is 0 Å². The minimum atomic E-state index is -4.70. The Bertz CT molecular complexity index is 1440. The molecule has 13 heteroatoms. The first kappa shape index (κ1) is 23.3. The summed E-state index contributed by atoms with van der Waals surface area (Å²) < 4.78 is 65.6. The third kappa shape index (κ3) is 5.03. The van der Waals surface area contributed by atoms with Crippen molar-refractivity contribution < 1.29 is 21.6 Å². The van der Waals surface area contributed by atoms with Crippen LogP contribution in [0.3, 0.4) is 0 Å². The predicted octanol–water partition coefficient (Wildman–Crippen LogP) is 4.12. The van der Waals surface area contributed by atoms with Gasteiger partial charge in [-0.2, -0.15) is 18.2 Å². The number of hydrogen-bond acceptors (Lipinski definition) is 7. The molecule has 0 aliphatic heterocycles. The first-order valence-electron chi connectivity index (χ1n) is 9.92. The van der Waals surface area contributed by atoms with Crippen molar-refractivity contribution in [2.45, 2.75) is 12.7 Å². The lowest BCUT2D eigenvalue weighted by Gasteiger charge is -2.20. The lowest BCUT2D eigenvalue weighted by atomic mass is 10.2. The Hall–Kier alpha value is -3.87. The number of alkyl halides is 3. The highest BCUT2D eigenvalue weighted by molar-refractivity contribution is 7.92. The first-order chi connectivity index (χ1) is 16.0. The molecular formula is C21H20F3N7O2S. The summed E-state index contributed by atoms with van der Waals surface area (Å²) >= 11 is 0. The van der Waals surface area contributed by atoms with Crippen molar-refractivity contribution in [3.63, 3.8) is 0 Å². The highest BCUT2D eigenvalue weighted by Gasteiger charge is 2.35. The van der Waals surface area contributed by atoms with Gasteiger partial charge in [-0.1, -0.05) is 12.1 Å². The monoisotopic (exact) mass is 491 g/mol. The number of nitrogens with one attached hydrogen (secondary N) is 3. The van der Waals surface area contributed by atoms with Crippen LogP contribution in [0.25, 0.3) is 10.9 Å². The zero-order chi connectivity index (χ0) is 24.5. The molecule has 0 aliphatic carbocycles. The molecule has 178 valence electrons. The Kier molecular flexibility index (Phi) is 6.04. The molecule has 0 bridgehead atoms. The SMILES string of the molecule is CN(c1ncccc1CNc1nc(Nc2ccc3cc[nH]c3c2)ncc1C(F)(F)F)S(C)(=O)=O. The molecule has 3 heterocycles. The van der Waals surface area contributed by atoms with Gasteiger partial charge in [0.2, 0.25) is 16.0 Å². The molecule has 4 rings (SSSR count). The Morgan fingerprint density at radius 2 is 1.94 bits per heavy atom. The molecule has 0 atom stereocenters. The van der Waals surface area contributed by atoms with Gasteiger partial charge in [0, 0.05) is 49.0 Å². The van der Waals surface area contributed by atoms with E-state index in [0.29, 0.717) is 17.4 Å². The standard InChI is InChI=1S/C21H20F3N7O2S/c1-31(34(2,32)33)19-14(4-3-8-26-19)11-27-18-16(21(22,23)24)12-28-20(30-18)29-15-6-5-13-7-9-25-17(13)10-15/h3-10,12,25H,11H2,1-2H3,(H2,27,28,29,30). The lowest BCUT2D eigenvalue weighted by Crippen LogP contribution is -2.27. The van der Waals surface area contributed by atoms with Crippen molar-refractivity contribution in [3.05, 3.63) is 66.1 Å². The average molecular weight is 491 g/mol. The summed E-state index contributed by atoms with van der Waals surface area (Å²) in [5, 5.41) is 6.54. The molecule has 0 fully saturated rings. The van der Waals surface area contributed by atoms with Crippen molar-refractivity contribution >= 4 is 44.2 Å². The quantitative estimate of drug-likeness (QED) is 0.356. The third-order valence-corrected chi connectivity index (χ3v) is 6.18. The van der Waals surface area contributed by atoms with Crippen LogP contribution in [0.4, 0.5) is 36.4 Å². The molecule has 3 N–H and O–H groups in total. The van der Waals surface area contributed by atoms with E-state index in [1.165, 1.54) is 13.2 Å². The van der Waals surface area contributed by atoms with Crippen molar-refractivity contribution in [2.75, 3.05) is 28.2 Å². The van der Waals surface area contributed by atoms with E-state index in [4.69, 9.17) is 0 Å². The first-order valence-corrected chi connectivity index (χ1v) is 11.8. The normalized spacial score (nSPS) is 12.0. The molecule has 4 aromatic rings. The molecule has 9 nitrogen and oxygen atoms in total. The largest absolute Gasteiger partial charge is 0.421 e. The van der Waals surface area contributed by atoms with E-state index in [0.717, 1.165) is 21.5 Å². The van der Waals surface area contributed by atoms with Crippen molar-refractivity contribution in [3.8, 4) is 0 Å². The number of anilines is 4. The number of sulfonamides is 1. The van der Waals surface area contributed by atoms with E-state index in [1.807, 2.05) is 12.1 Å².